The quantitative estimate of drug-likeness (QED) is 0.366. The molecule has 0 radical (unpaired) electrons. The Kier molecular flexibility index (Phi) is 7.74. The molecule has 3 N–H and O–H groups in total. The van der Waals surface area contributed by atoms with Crippen LogP contribution in [0.3, 0.4) is 0 Å². The fraction of sp³-hybridized carbons (Fsp3) is 0.500. The first kappa shape index (κ1) is 27.9. The normalized spacial score (nSPS) is 28.4. The zero-order valence-electron chi connectivity index (χ0n) is 23.1. The first-order chi connectivity index (χ1) is 19.3. The van der Waals surface area contributed by atoms with Crippen LogP contribution in [0, 0.1) is 11.8 Å². The molecule has 2 unspecified atom stereocenters. The highest BCUT2D eigenvalue weighted by Crippen LogP contribution is 2.63. The monoisotopic (exact) mass is 551 g/mol. The number of amides is 3. The second-order valence-corrected chi connectivity index (χ2v) is 10.9. The van der Waals surface area contributed by atoms with Gasteiger partial charge in [0.25, 0.3) is 0 Å². The van der Waals surface area contributed by atoms with Crippen LogP contribution in [0.2, 0.25) is 0 Å². The molecule has 1 spiro atoms. The summed E-state index contributed by atoms with van der Waals surface area (Å²) >= 11 is 0. The number of nitrogens with one attached hydrogen (secondary N) is 2. The number of hydrogen-bond donors (Lipinski definition) is 3. The molecule has 0 aromatic heterocycles. The average Bonchev–Trinajstić information content (AvgIpc) is 3.51. The third kappa shape index (κ3) is 4.79. The van der Waals surface area contributed by atoms with Crippen molar-refractivity contribution in [2.45, 2.75) is 56.8 Å². The van der Waals surface area contributed by atoms with E-state index in [1.807, 2.05) is 13.8 Å². The number of benzene rings is 2. The van der Waals surface area contributed by atoms with Crippen molar-refractivity contribution in [1.82, 2.24) is 4.90 Å². The molecule has 5 rings (SSSR count). The number of methoxy groups -OCH3 is 1. The summed E-state index contributed by atoms with van der Waals surface area (Å²) in [5.74, 6) is -1.13. The molecular formula is C30H37N3O7. The summed E-state index contributed by atoms with van der Waals surface area (Å²) in [6.45, 7) is 4.58. The third-order valence-corrected chi connectivity index (χ3v) is 8.40. The molecule has 214 valence electrons. The van der Waals surface area contributed by atoms with Crippen LogP contribution in [0.15, 0.2) is 48.5 Å². The van der Waals surface area contributed by atoms with Crippen LogP contribution < -0.4 is 20.1 Å². The number of carbonyl (C=O) groups excluding carboxylic acids is 3. The second kappa shape index (κ2) is 11.1. The van der Waals surface area contributed by atoms with Crippen LogP contribution in [0.4, 0.5) is 11.4 Å². The van der Waals surface area contributed by atoms with Gasteiger partial charge in [-0.2, -0.15) is 0 Å². The van der Waals surface area contributed by atoms with Gasteiger partial charge in [-0.15, -0.1) is 0 Å². The molecule has 2 aromatic rings. The number of carbonyl (C=O) groups is 3. The summed E-state index contributed by atoms with van der Waals surface area (Å²) in [5, 5.41) is 15.3. The Balaban J connectivity index is 1.43. The summed E-state index contributed by atoms with van der Waals surface area (Å²) in [6, 6.07) is 13.1. The predicted molar refractivity (Wildman–Crippen MR) is 148 cm³/mol. The third-order valence-electron chi connectivity index (χ3n) is 8.40. The van der Waals surface area contributed by atoms with Crippen LogP contribution in [-0.4, -0.2) is 71.8 Å². The van der Waals surface area contributed by atoms with E-state index in [4.69, 9.17) is 14.2 Å². The Labute approximate surface area is 234 Å². The number of nitrogens with zero attached hydrogens (tertiary/aromatic N) is 1. The zero-order chi connectivity index (χ0) is 28.5. The highest BCUT2D eigenvalue weighted by atomic mass is 16.5. The molecule has 3 aliphatic rings. The fourth-order valence-electron chi connectivity index (χ4n) is 6.67. The van der Waals surface area contributed by atoms with Crippen LogP contribution in [-0.2, 0) is 19.1 Å². The lowest BCUT2D eigenvalue weighted by Gasteiger charge is -2.33. The minimum atomic E-state index is -1.12. The van der Waals surface area contributed by atoms with Crippen molar-refractivity contribution in [2.24, 2.45) is 11.8 Å². The van der Waals surface area contributed by atoms with Crippen LogP contribution >= 0.6 is 0 Å². The van der Waals surface area contributed by atoms with E-state index in [2.05, 4.69) is 10.6 Å². The summed E-state index contributed by atoms with van der Waals surface area (Å²) < 4.78 is 17.3. The molecule has 10 nitrogen and oxygen atoms in total. The highest BCUT2D eigenvalue weighted by Gasteiger charge is 2.77. The van der Waals surface area contributed by atoms with Gasteiger partial charge in [0.1, 0.15) is 23.1 Å². The lowest BCUT2D eigenvalue weighted by Crippen LogP contribution is -2.53. The molecule has 5 atom stereocenters. The van der Waals surface area contributed by atoms with E-state index in [9.17, 15) is 19.5 Å². The van der Waals surface area contributed by atoms with E-state index >= 15 is 0 Å². The molecule has 3 aliphatic heterocycles. The van der Waals surface area contributed by atoms with Crippen molar-refractivity contribution in [3.8, 4) is 11.5 Å². The maximum atomic E-state index is 14.0. The predicted octanol–water partition coefficient (Wildman–Crippen LogP) is 3.21. The van der Waals surface area contributed by atoms with Crippen molar-refractivity contribution in [3.63, 3.8) is 0 Å². The van der Waals surface area contributed by atoms with Gasteiger partial charge in [0.05, 0.1) is 31.2 Å². The largest absolute Gasteiger partial charge is 0.497 e. The van der Waals surface area contributed by atoms with E-state index in [1.54, 1.807) is 60.5 Å². The Bertz CT molecular complexity index is 1250. The van der Waals surface area contributed by atoms with Crippen LogP contribution in [0.5, 0.6) is 11.5 Å². The maximum absolute atomic E-state index is 14.0. The molecule has 0 aliphatic carbocycles. The van der Waals surface area contributed by atoms with Gasteiger partial charge in [-0.25, -0.2) is 0 Å². The Morgan fingerprint density at radius 3 is 2.23 bits per heavy atom. The summed E-state index contributed by atoms with van der Waals surface area (Å²) in [6.07, 6.45) is 2.06. The molecule has 0 saturated carbocycles. The van der Waals surface area contributed by atoms with Gasteiger partial charge in [-0.1, -0.05) is 0 Å². The molecule has 3 amide bonds. The molecule has 2 bridgehead atoms. The van der Waals surface area contributed by atoms with E-state index in [0.29, 0.717) is 55.2 Å². The zero-order valence-corrected chi connectivity index (χ0v) is 23.1. The van der Waals surface area contributed by atoms with Crippen molar-refractivity contribution in [2.75, 3.05) is 37.5 Å². The highest BCUT2D eigenvalue weighted by molar-refractivity contribution is 6.05. The number of anilines is 2. The molecule has 3 heterocycles. The first-order valence-corrected chi connectivity index (χ1v) is 13.9. The number of hydrogen-bond acceptors (Lipinski definition) is 7. The van der Waals surface area contributed by atoms with Gasteiger partial charge < -0.3 is 34.9 Å². The molecule has 2 aromatic carbocycles. The van der Waals surface area contributed by atoms with E-state index in [1.165, 1.54) is 0 Å². The minimum Gasteiger partial charge on any atom is -0.497 e. The summed E-state index contributed by atoms with van der Waals surface area (Å²) in [5.41, 5.74) is -0.849. The first-order valence-electron chi connectivity index (χ1n) is 13.9. The van der Waals surface area contributed by atoms with Crippen molar-refractivity contribution in [3.05, 3.63) is 48.5 Å². The van der Waals surface area contributed by atoms with E-state index in [-0.39, 0.29) is 30.9 Å². The summed E-state index contributed by atoms with van der Waals surface area (Å²) in [4.78, 5) is 43.2. The van der Waals surface area contributed by atoms with Gasteiger partial charge in [-0.3, -0.25) is 14.4 Å². The topological polar surface area (TPSA) is 126 Å². The Hall–Kier alpha value is -3.63. The number of unbranched alkanes of at least 4 members (excludes halogenated alkanes) is 1. The van der Waals surface area contributed by atoms with Crippen molar-refractivity contribution in [1.29, 1.82) is 0 Å². The molecule has 40 heavy (non-hydrogen) atoms. The van der Waals surface area contributed by atoms with E-state index in [0.717, 1.165) is 0 Å². The smallest absolute Gasteiger partial charge is 0.250 e. The number of rotatable bonds is 11. The molecular weight excluding hydrogens is 514 g/mol. The number of ether oxygens (including phenoxy) is 3. The Morgan fingerprint density at radius 2 is 1.62 bits per heavy atom. The summed E-state index contributed by atoms with van der Waals surface area (Å²) in [7, 11) is 1.57. The van der Waals surface area contributed by atoms with Crippen molar-refractivity contribution < 1.29 is 33.7 Å². The maximum Gasteiger partial charge on any atom is 0.250 e. The number of aliphatic hydroxyl groups excluding tert-OH is 1. The lowest BCUT2D eigenvalue weighted by molar-refractivity contribution is -0.143. The van der Waals surface area contributed by atoms with Gasteiger partial charge >= 0.3 is 0 Å². The molecule has 10 heteroatoms. The standard InChI is InChI=1S/C30H37N3O7/c1-4-39-22-13-9-19(10-14-22)31-26(35)23-24-28(37)33(17-5-6-18-34)25(30(24)16-15-29(23,2)40-30)27(36)32-20-7-11-21(38-3)12-8-20/h7-14,23-25,34H,4-6,15-18H2,1-3H3,(H,31,35)(H,32,36)/t23-,24-,25?,29+,30?/m0/s1. The van der Waals surface area contributed by atoms with Crippen LogP contribution in [0.25, 0.3) is 0 Å². The van der Waals surface area contributed by atoms with E-state index < -0.39 is 29.1 Å². The number of fused-ring (bicyclic) bond motifs is 1. The van der Waals surface area contributed by atoms with Gasteiger partial charge in [0, 0.05) is 24.5 Å². The Morgan fingerprint density at radius 1 is 1.00 bits per heavy atom. The number of aliphatic hydroxyl groups is 1. The average molecular weight is 552 g/mol. The van der Waals surface area contributed by atoms with Crippen LogP contribution in [0.1, 0.15) is 39.5 Å². The van der Waals surface area contributed by atoms with Crippen molar-refractivity contribution >= 4 is 29.1 Å². The van der Waals surface area contributed by atoms with Gasteiger partial charge in [0.2, 0.25) is 17.7 Å². The fourth-order valence-corrected chi connectivity index (χ4v) is 6.67. The lowest BCUT2D eigenvalue weighted by atomic mass is 9.66. The second-order valence-electron chi connectivity index (χ2n) is 10.9. The SMILES string of the molecule is CCOc1ccc(NC(=O)[C@@H]2[C@H]3C(=O)N(CCCCO)C(C(=O)Nc4ccc(OC)cc4)C34CC[C@@]2(C)O4)cc1. The van der Waals surface area contributed by atoms with Gasteiger partial charge in [0.15, 0.2) is 0 Å². The molecule has 3 saturated heterocycles. The molecule has 3 fully saturated rings. The van der Waals surface area contributed by atoms with Gasteiger partial charge in [-0.05, 0) is 88.1 Å². The number of likely N-dealkylation sites (tertiary alicyclic amines) is 1. The minimum absolute atomic E-state index is 0.0129.